The predicted octanol–water partition coefficient (Wildman–Crippen LogP) is 2.09. The van der Waals surface area contributed by atoms with Gasteiger partial charge in [-0.05, 0) is 38.4 Å². The molecule has 1 aromatic heterocycles. The van der Waals surface area contributed by atoms with E-state index in [1.165, 1.54) is 0 Å². The number of hydrogen-bond donors (Lipinski definition) is 1. The Kier molecular flexibility index (Phi) is 3.56. The summed E-state index contributed by atoms with van der Waals surface area (Å²) in [5.74, 6) is 0. The lowest BCUT2D eigenvalue weighted by Crippen LogP contribution is -2.44. The van der Waals surface area contributed by atoms with E-state index < -0.39 is 0 Å². The first-order chi connectivity index (χ1) is 7.74. The highest BCUT2D eigenvalue weighted by Gasteiger charge is 2.35. The first kappa shape index (κ1) is 11.6. The summed E-state index contributed by atoms with van der Waals surface area (Å²) in [4.78, 5) is 4.42. The molecular formula is C13H20N2O. The predicted molar refractivity (Wildman–Crippen MR) is 64.2 cm³/mol. The van der Waals surface area contributed by atoms with E-state index in [0.29, 0.717) is 6.04 Å². The van der Waals surface area contributed by atoms with Crippen LogP contribution in [0.3, 0.4) is 0 Å². The van der Waals surface area contributed by atoms with Gasteiger partial charge in [0.25, 0.3) is 0 Å². The molecule has 2 unspecified atom stereocenters. The lowest BCUT2D eigenvalue weighted by Gasteiger charge is -2.38. The molecule has 0 bridgehead atoms. The minimum absolute atomic E-state index is 0.230. The molecular weight excluding hydrogens is 200 g/mol. The molecule has 1 saturated heterocycles. The van der Waals surface area contributed by atoms with Gasteiger partial charge in [-0.2, -0.15) is 0 Å². The molecule has 16 heavy (non-hydrogen) atoms. The van der Waals surface area contributed by atoms with Crippen molar-refractivity contribution in [3.63, 3.8) is 0 Å². The second kappa shape index (κ2) is 4.93. The lowest BCUT2D eigenvalue weighted by molar-refractivity contribution is -0.0837. The third-order valence-corrected chi connectivity index (χ3v) is 3.22. The number of nitrogens with zero attached hydrogens (tertiary/aromatic N) is 1. The van der Waals surface area contributed by atoms with Gasteiger partial charge in [0.1, 0.15) is 5.60 Å². The van der Waals surface area contributed by atoms with E-state index in [2.05, 4.69) is 24.1 Å². The van der Waals surface area contributed by atoms with Crippen LogP contribution in [0.4, 0.5) is 0 Å². The van der Waals surface area contributed by atoms with Crippen LogP contribution in [0.5, 0.6) is 0 Å². The summed E-state index contributed by atoms with van der Waals surface area (Å²) >= 11 is 0. The third-order valence-electron chi connectivity index (χ3n) is 3.22. The molecule has 2 rings (SSSR count). The average molecular weight is 220 g/mol. The van der Waals surface area contributed by atoms with Crippen molar-refractivity contribution in [2.75, 3.05) is 13.2 Å². The smallest absolute Gasteiger partial charge is 0.109 e. The van der Waals surface area contributed by atoms with Crippen LogP contribution in [0.1, 0.15) is 32.4 Å². The van der Waals surface area contributed by atoms with Crippen LogP contribution in [-0.2, 0) is 10.3 Å². The number of pyridine rings is 1. The topological polar surface area (TPSA) is 34.1 Å². The van der Waals surface area contributed by atoms with Crippen LogP contribution in [0.2, 0.25) is 0 Å². The van der Waals surface area contributed by atoms with Crippen LogP contribution in [0.15, 0.2) is 24.4 Å². The van der Waals surface area contributed by atoms with E-state index in [4.69, 9.17) is 4.74 Å². The monoisotopic (exact) mass is 220 g/mol. The zero-order chi connectivity index (χ0) is 11.4. The summed E-state index contributed by atoms with van der Waals surface area (Å²) in [6, 6.07) is 6.56. The molecule has 1 aliphatic heterocycles. The number of hydrogen-bond acceptors (Lipinski definition) is 3. The van der Waals surface area contributed by atoms with E-state index in [9.17, 15) is 0 Å². The summed E-state index contributed by atoms with van der Waals surface area (Å²) in [6.45, 7) is 6.11. The van der Waals surface area contributed by atoms with E-state index in [1.807, 2.05) is 24.4 Å². The van der Waals surface area contributed by atoms with Gasteiger partial charge in [0, 0.05) is 18.8 Å². The molecule has 1 aliphatic rings. The second-order valence-electron chi connectivity index (χ2n) is 4.54. The van der Waals surface area contributed by atoms with Gasteiger partial charge in [-0.1, -0.05) is 13.0 Å². The molecule has 0 aliphatic carbocycles. The van der Waals surface area contributed by atoms with Crippen LogP contribution in [-0.4, -0.2) is 24.2 Å². The highest BCUT2D eigenvalue weighted by atomic mass is 16.5. The van der Waals surface area contributed by atoms with E-state index >= 15 is 0 Å². The van der Waals surface area contributed by atoms with Gasteiger partial charge in [-0.15, -0.1) is 0 Å². The number of rotatable bonds is 3. The molecule has 1 aromatic rings. The molecule has 88 valence electrons. The van der Waals surface area contributed by atoms with Crippen molar-refractivity contribution in [1.29, 1.82) is 0 Å². The molecule has 2 heterocycles. The standard InChI is InChI=1S/C13H20N2O/c1-3-14-11-7-9-16-13(2,10-11)12-6-4-5-8-15-12/h4-6,8,11,14H,3,7,9-10H2,1-2H3. The third kappa shape index (κ3) is 2.42. The van der Waals surface area contributed by atoms with Gasteiger partial charge >= 0.3 is 0 Å². The molecule has 0 aromatic carbocycles. The summed E-state index contributed by atoms with van der Waals surface area (Å²) in [6.07, 6.45) is 3.93. The van der Waals surface area contributed by atoms with Crippen LogP contribution in [0, 0.1) is 0 Å². The van der Waals surface area contributed by atoms with Gasteiger partial charge in [-0.25, -0.2) is 0 Å². The van der Waals surface area contributed by atoms with E-state index in [0.717, 1.165) is 31.7 Å². The fourth-order valence-electron chi connectivity index (χ4n) is 2.37. The average Bonchev–Trinajstić information content (AvgIpc) is 2.31. The summed E-state index contributed by atoms with van der Waals surface area (Å²) in [7, 11) is 0. The zero-order valence-electron chi connectivity index (χ0n) is 10.1. The van der Waals surface area contributed by atoms with Crippen LogP contribution >= 0.6 is 0 Å². The summed E-state index contributed by atoms with van der Waals surface area (Å²) < 4.78 is 5.93. The maximum absolute atomic E-state index is 5.93. The Morgan fingerprint density at radius 3 is 3.12 bits per heavy atom. The van der Waals surface area contributed by atoms with Gasteiger partial charge < -0.3 is 10.1 Å². The SMILES string of the molecule is CCNC1CCOC(C)(c2ccccn2)C1. The molecule has 2 atom stereocenters. The van der Waals surface area contributed by atoms with Crippen molar-refractivity contribution < 1.29 is 4.74 Å². The minimum Gasteiger partial charge on any atom is -0.369 e. The Hall–Kier alpha value is -0.930. The normalized spacial score (nSPS) is 30.2. The van der Waals surface area contributed by atoms with Crippen molar-refractivity contribution in [3.05, 3.63) is 30.1 Å². The number of aromatic nitrogens is 1. The van der Waals surface area contributed by atoms with Crippen molar-refractivity contribution >= 4 is 0 Å². The van der Waals surface area contributed by atoms with Gasteiger partial charge in [-0.3, -0.25) is 4.98 Å². The Labute approximate surface area is 97.2 Å². The highest BCUT2D eigenvalue weighted by Crippen LogP contribution is 2.33. The first-order valence-corrected chi connectivity index (χ1v) is 6.03. The van der Waals surface area contributed by atoms with Crippen LogP contribution < -0.4 is 5.32 Å². The Morgan fingerprint density at radius 1 is 1.56 bits per heavy atom. The minimum atomic E-state index is -0.230. The number of ether oxygens (including phenoxy) is 1. The van der Waals surface area contributed by atoms with Crippen LogP contribution in [0.25, 0.3) is 0 Å². The first-order valence-electron chi connectivity index (χ1n) is 6.03. The van der Waals surface area contributed by atoms with Crippen molar-refractivity contribution in [1.82, 2.24) is 10.3 Å². The molecule has 1 fully saturated rings. The van der Waals surface area contributed by atoms with E-state index in [1.54, 1.807) is 0 Å². The molecule has 0 saturated carbocycles. The maximum atomic E-state index is 5.93. The quantitative estimate of drug-likeness (QED) is 0.847. The van der Waals surface area contributed by atoms with Crippen molar-refractivity contribution in [2.45, 2.75) is 38.3 Å². The van der Waals surface area contributed by atoms with E-state index in [-0.39, 0.29) is 5.60 Å². The molecule has 3 nitrogen and oxygen atoms in total. The fourth-order valence-corrected chi connectivity index (χ4v) is 2.37. The highest BCUT2D eigenvalue weighted by molar-refractivity contribution is 5.13. The molecule has 0 radical (unpaired) electrons. The Bertz CT molecular complexity index is 326. The molecule has 3 heteroatoms. The number of nitrogens with one attached hydrogen (secondary N) is 1. The van der Waals surface area contributed by atoms with Crippen molar-refractivity contribution in [3.8, 4) is 0 Å². The largest absolute Gasteiger partial charge is 0.369 e. The van der Waals surface area contributed by atoms with Gasteiger partial charge in [0.2, 0.25) is 0 Å². The van der Waals surface area contributed by atoms with Crippen molar-refractivity contribution in [2.24, 2.45) is 0 Å². The van der Waals surface area contributed by atoms with Gasteiger partial charge in [0.15, 0.2) is 0 Å². The second-order valence-corrected chi connectivity index (χ2v) is 4.54. The molecule has 0 amide bonds. The summed E-state index contributed by atoms with van der Waals surface area (Å²) in [5, 5.41) is 3.50. The van der Waals surface area contributed by atoms with Gasteiger partial charge in [0.05, 0.1) is 5.69 Å². The maximum Gasteiger partial charge on any atom is 0.109 e. The fraction of sp³-hybridized carbons (Fsp3) is 0.615. The Morgan fingerprint density at radius 2 is 2.44 bits per heavy atom. The summed E-state index contributed by atoms with van der Waals surface area (Å²) in [5.41, 5.74) is 0.810. The zero-order valence-corrected chi connectivity index (χ0v) is 10.1. The Balaban J connectivity index is 2.12. The molecule has 1 N–H and O–H groups in total. The molecule has 0 spiro atoms. The lowest BCUT2D eigenvalue weighted by atomic mass is 9.89.